The predicted octanol–water partition coefficient (Wildman–Crippen LogP) is 4.55. The Morgan fingerprint density at radius 3 is 2.72 bits per heavy atom. The normalized spacial score (nSPS) is 16.2. The molecule has 1 saturated carbocycles. The van der Waals surface area contributed by atoms with E-state index in [0.29, 0.717) is 12.0 Å². The fourth-order valence-corrected chi connectivity index (χ4v) is 3.09. The van der Waals surface area contributed by atoms with Gasteiger partial charge in [-0.15, -0.1) is 0 Å². The molecule has 98 valence electrons. The number of carbonyl (C=O) groups excluding carboxylic acids is 1. The van der Waals surface area contributed by atoms with E-state index >= 15 is 0 Å². The van der Waals surface area contributed by atoms with Crippen LogP contribution in [0.3, 0.4) is 0 Å². The Kier molecular flexibility index (Phi) is 4.70. The molecule has 0 heterocycles. The summed E-state index contributed by atoms with van der Waals surface area (Å²) in [7, 11) is 0. The minimum absolute atomic E-state index is 0.0859. The number of amides is 1. The van der Waals surface area contributed by atoms with Gasteiger partial charge in [-0.05, 0) is 48.2 Å². The van der Waals surface area contributed by atoms with Crippen LogP contribution >= 0.6 is 11.8 Å². The largest absolute Gasteiger partial charge is 0.344 e. The molecule has 0 saturated heterocycles. The van der Waals surface area contributed by atoms with Gasteiger partial charge in [-0.25, -0.2) is 0 Å². The Morgan fingerprint density at radius 1 is 1.33 bits per heavy atom. The van der Waals surface area contributed by atoms with Gasteiger partial charge in [0.05, 0.1) is 0 Å². The van der Waals surface area contributed by atoms with E-state index in [4.69, 9.17) is 0 Å². The van der Waals surface area contributed by atoms with E-state index in [9.17, 15) is 4.79 Å². The van der Waals surface area contributed by atoms with Gasteiger partial charge < -0.3 is 5.32 Å². The minimum Gasteiger partial charge on any atom is -0.344 e. The van der Waals surface area contributed by atoms with Crippen LogP contribution in [0.4, 0.5) is 4.79 Å². The van der Waals surface area contributed by atoms with Gasteiger partial charge in [0.1, 0.15) is 0 Å². The lowest BCUT2D eigenvalue weighted by atomic mass is 10.0. The molecule has 0 radical (unpaired) electrons. The van der Waals surface area contributed by atoms with Crippen molar-refractivity contribution in [2.45, 2.75) is 56.4 Å². The average Bonchev–Trinajstić information content (AvgIpc) is 2.82. The molecule has 0 unspecified atom stereocenters. The summed E-state index contributed by atoms with van der Waals surface area (Å²) in [5.74, 6) is 0.503. The molecule has 2 nitrogen and oxygen atoms in total. The molecule has 1 aromatic carbocycles. The molecule has 0 bridgehead atoms. The van der Waals surface area contributed by atoms with E-state index in [2.05, 4.69) is 31.3 Å². The monoisotopic (exact) mass is 263 g/mol. The molecule has 18 heavy (non-hydrogen) atoms. The first-order chi connectivity index (χ1) is 8.65. The molecule has 2 rings (SSSR count). The lowest BCUT2D eigenvalue weighted by Crippen LogP contribution is -2.29. The van der Waals surface area contributed by atoms with Crippen LogP contribution in [0.1, 0.15) is 51.0 Å². The maximum absolute atomic E-state index is 11.9. The summed E-state index contributed by atoms with van der Waals surface area (Å²) in [5, 5.41) is 3.19. The maximum atomic E-state index is 11.9. The molecule has 0 spiro atoms. The van der Waals surface area contributed by atoms with E-state index in [-0.39, 0.29) is 5.24 Å². The van der Waals surface area contributed by atoms with Crippen molar-refractivity contribution >= 4 is 17.0 Å². The molecule has 1 amide bonds. The zero-order valence-corrected chi connectivity index (χ0v) is 11.9. The van der Waals surface area contributed by atoms with Crippen molar-refractivity contribution in [2.24, 2.45) is 0 Å². The SMILES string of the molecule is CC(C)c1cccc(SC(=O)NC2CCCC2)c1. The summed E-state index contributed by atoms with van der Waals surface area (Å²) in [5.41, 5.74) is 1.29. The predicted molar refractivity (Wildman–Crippen MR) is 77.2 cm³/mol. The van der Waals surface area contributed by atoms with Crippen molar-refractivity contribution < 1.29 is 4.79 Å². The third-order valence-electron chi connectivity index (χ3n) is 3.41. The first kappa shape index (κ1) is 13.5. The van der Waals surface area contributed by atoms with E-state index in [1.807, 2.05) is 12.1 Å². The van der Waals surface area contributed by atoms with Crippen LogP contribution in [0.25, 0.3) is 0 Å². The van der Waals surface area contributed by atoms with Crippen LogP contribution in [0.5, 0.6) is 0 Å². The highest BCUT2D eigenvalue weighted by Gasteiger charge is 2.17. The standard InChI is InChI=1S/C15H21NOS/c1-11(2)12-6-5-9-14(10-12)18-15(17)16-13-7-3-4-8-13/h5-6,9-11,13H,3-4,7-8H2,1-2H3,(H,16,17). The second kappa shape index (κ2) is 6.28. The Labute approximate surface area is 114 Å². The van der Waals surface area contributed by atoms with Crippen molar-refractivity contribution in [3.8, 4) is 0 Å². The smallest absolute Gasteiger partial charge is 0.284 e. The quantitative estimate of drug-likeness (QED) is 0.810. The second-order valence-corrected chi connectivity index (χ2v) is 6.29. The maximum Gasteiger partial charge on any atom is 0.284 e. The second-order valence-electron chi connectivity index (χ2n) is 5.24. The van der Waals surface area contributed by atoms with Crippen LogP contribution in [-0.2, 0) is 0 Å². The molecule has 0 aliphatic heterocycles. The average molecular weight is 263 g/mol. The lowest BCUT2D eigenvalue weighted by Gasteiger charge is -2.12. The Balaban J connectivity index is 1.91. The summed E-state index contributed by atoms with van der Waals surface area (Å²) in [6, 6.07) is 8.66. The molecular weight excluding hydrogens is 242 g/mol. The number of rotatable bonds is 3. The molecule has 1 N–H and O–H groups in total. The third kappa shape index (κ3) is 3.77. The number of benzene rings is 1. The first-order valence-electron chi connectivity index (χ1n) is 6.73. The summed E-state index contributed by atoms with van der Waals surface area (Å²) < 4.78 is 0. The van der Waals surface area contributed by atoms with E-state index in [1.54, 1.807) is 0 Å². The number of hydrogen-bond acceptors (Lipinski definition) is 2. The van der Waals surface area contributed by atoms with Crippen molar-refractivity contribution in [2.75, 3.05) is 0 Å². The number of thioether (sulfide) groups is 1. The zero-order valence-electron chi connectivity index (χ0n) is 11.1. The Hall–Kier alpha value is -0.960. The van der Waals surface area contributed by atoms with E-state index in [0.717, 1.165) is 17.7 Å². The molecule has 1 aliphatic carbocycles. The summed E-state index contributed by atoms with van der Waals surface area (Å²) in [6.07, 6.45) is 4.77. The topological polar surface area (TPSA) is 29.1 Å². The van der Waals surface area contributed by atoms with Crippen LogP contribution < -0.4 is 5.32 Å². The molecule has 0 atom stereocenters. The summed E-state index contributed by atoms with van der Waals surface area (Å²) >= 11 is 1.31. The minimum atomic E-state index is 0.0859. The molecule has 3 heteroatoms. The van der Waals surface area contributed by atoms with Crippen LogP contribution in [-0.4, -0.2) is 11.3 Å². The molecule has 1 fully saturated rings. The summed E-state index contributed by atoms with van der Waals surface area (Å²) in [6.45, 7) is 4.34. The number of carbonyl (C=O) groups is 1. The van der Waals surface area contributed by atoms with Gasteiger partial charge in [0.2, 0.25) is 0 Å². The van der Waals surface area contributed by atoms with Gasteiger partial charge in [-0.3, -0.25) is 4.79 Å². The van der Waals surface area contributed by atoms with Gasteiger partial charge in [0, 0.05) is 10.9 Å². The third-order valence-corrected chi connectivity index (χ3v) is 4.21. The van der Waals surface area contributed by atoms with Crippen molar-refractivity contribution in [1.29, 1.82) is 0 Å². The number of nitrogens with one attached hydrogen (secondary N) is 1. The van der Waals surface area contributed by atoms with Crippen LogP contribution in [0, 0.1) is 0 Å². The Morgan fingerprint density at radius 2 is 2.06 bits per heavy atom. The first-order valence-corrected chi connectivity index (χ1v) is 7.55. The zero-order chi connectivity index (χ0) is 13.0. The van der Waals surface area contributed by atoms with Gasteiger partial charge >= 0.3 is 0 Å². The highest BCUT2D eigenvalue weighted by Crippen LogP contribution is 2.25. The van der Waals surface area contributed by atoms with Gasteiger partial charge in [-0.2, -0.15) is 0 Å². The molecular formula is C15H21NOS. The fraction of sp³-hybridized carbons (Fsp3) is 0.533. The van der Waals surface area contributed by atoms with Gasteiger partial charge in [0.15, 0.2) is 0 Å². The van der Waals surface area contributed by atoms with Crippen molar-refractivity contribution in [1.82, 2.24) is 5.32 Å². The van der Waals surface area contributed by atoms with E-state index < -0.39 is 0 Å². The Bertz CT molecular complexity index is 411. The number of hydrogen-bond donors (Lipinski definition) is 1. The molecule has 0 aromatic heterocycles. The highest BCUT2D eigenvalue weighted by molar-refractivity contribution is 8.13. The fourth-order valence-electron chi connectivity index (χ4n) is 2.31. The molecule has 1 aliphatic rings. The van der Waals surface area contributed by atoms with Crippen LogP contribution in [0.2, 0.25) is 0 Å². The van der Waals surface area contributed by atoms with Gasteiger partial charge in [0.25, 0.3) is 5.24 Å². The molecule has 1 aromatic rings. The van der Waals surface area contributed by atoms with Crippen LogP contribution in [0.15, 0.2) is 29.2 Å². The summed E-state index contributed by atoms with van der Waals surface area (Å²) in [4.78, 5) is 12.9. The van der Waals surface area contributed by atoms with Crippen molar-refractivity contribution in [3.63, 3.8) is 0 Å². The van der Waals surface area contributed by atoms with E-state index in [1.165, 1.54) is 30.2 Å². The van der Waals surface area contributed by atoms with Crippen molar-refractivity contribution in [3.05, 3.63) is 29.8 Å². The lowest BCUT2D eigenvalue weighted by molar-refractivity contribution is 0.257. The highest BCUT2D eigenvalue weighted by atomic mass is 32.2. The van der Waals surface area contributed by atoms with Gasteiger partial charge in [-0.1, -0.05) is 38.8 Å².